The molecule has 2 heteroatoms. The molecule has 0 saturated carbocycles. The van der Waals surface area contributed by atoms with Gasteiger partial charge in [-0.05, 0) is 13.3 Å². The van der Waals surface area contributed by atoms with Crippen LogP contribution in [0.25, 0.3) is 0 Å². The third kappa shape index (κ3) is 5.22. The second-order valence-corrected chi connectivity index (χ2v) is 2.99. The standard InChI is InChI=1S/C9H22N2/c1-5-8-9(4)10-11(6-2)7-3/h9-10H,5-8H2,1-4H3. The van der Waals surface area contributed by atoms with Crippen LogP contribution in [-0.2, 0) is 0 Å². The molecular formula is C9H22N2. The van der Waals surface area contributed by atoms with Crippen molar-refractivity contribution in [2.75, 3.05) is 13.1 Å². The fourth-order valence-corrected chi connectivity index (χ4v) is 1.22. The molecule has 0 aliphatic heterocycles. The van der Waals surface area contributed by atoms with Crippen LogP contribution in [0.1, 0.15) is 40.5 Å². The Morgan fingerprint density at radius 1 is 1.18 bits per heavy atom. The van der Waals surface area contributed by atoms with Crippen LogP contribution < -0.4 is 5.43 Å². The summed E-state index contributed by atoms with van der Waals surface area (Å²) in [6, 6.07) is 0.625. The molecule has 0 aromatic carbocycles. The number of nitrogens with zero attached hydrogens (tertiary/aromatic N) is 1. The lowest BCUT2D eigenvalue weighted by Gasteiger charge is -2.24. The van der Waals surface area contributed by atoms with E-state index in [0.29, 0.717) is 6.04 Å². The van der Waals surface area contributed by atoms with Gasteiger partial charge in [0.1, 0.15) is 0 Å². The topological polar surface area (TPSA) is 15.3 Å². The van der Waals surface area contributed by atoms with Gasteiger partial charge in [0, 0.05) is 19.1 Å². The highest BCUT2D eigenvalue weighted by Gasteiger charge is 2.03. The maximum Gasteiger partial charge on any atom is 0.0186 e. The van der Waals surface area contributed by atoms with Crippen molar-refractivity contribution in [1.29, 1.82) is 0 Å². The SMILES string of the molecule is CCCC(C)NN(CC)CC. The zero-order valence-corrected chi connectivity index (χ0v) is 8.35. The molecule has 0 bridgehead atoms. The number of hydrogen-bond donors (Lipinski definition) is 1. The van der Waals surface area contributed by atoms with Crippen LogP contribution in [0, 0.1) is 0 Å². The predicted molar refractivity (Wildman–Crippen MR) is 50.4 cm³/mol. The highest BCUT2D eigenvalue weighted by molar-refractivity contribution is 4.57. The first-order valence-corrected chi connectivity index (χ1v) is 4.75. The highest BCUT2D eigenvalue weighted by Crippen LogP contribution is 1.95. The quantitative estimate of drug-likeness (QED) is 0.595. The monoisotopic (exact) mass is 158 g/mol. The maximum atomic E-state index is 3.45. The van der Waals surface area contributed by atoms with Crippen molar-refractivity contribution in [3.05, 3.63) is 0 Å². The van der Waals surface area contributed by atoms with Crippen molar-refractivity contribution in [2.24, 2.45) is 0 Å². The van der Waals surface area contributed by atoms with Gasteiger partial charge in [-0.15, -0.1) is 0 Å². The number of nitrogens with one attached hydrogen (secondary N) is 1. The van der Waals surface area contributed by atoms with Crippen molar-refractivity contribution in [3.8, 4) is 0 Å². The summed E-state index contributed by atoms with van der Waals surface area (Å²) in [5, 5.41) is 2.25. The Balaban J connectivity index is 3.44. The van der Waals surface area contributed by atoms with Gasteiger partial charge >= 0.3 is 0 Å². The largest absolute Gasteiger partial charge is 0.252 e. The van der Waals surface area contributed by atoms with E-state index in [2.05, 4.69) is 38.1 Å². The molecule has 0 aromatic heterocycles. The molecule has 1 N–H and O–H groups in total. The van der Waals surface area contributed by atoms with Crippen LogP contribution >= 0.6 is 0 Å². The summed E-state index contributed by atoms with van der Waals surface area (Å²) in [6.45, 7) is 11.0. The lowest BCUT2D eigenvalue weighted by molar-refractivity contribution is 0.175. The Hall–Kier alpha value is -0.0800. The van der Waals surface area contributed by atoms with E-state index < -0.39 is 0 Å². The first-order chi connectivity index (χ1) is 5.24. The summed E-state index contributed by atoms with van der Waals surface area (Å²) < 4.78 is 0. The minimum atomic E-state index is 0.625. The van der Waals surface area contributed by atoms with Crippen LogP contribution in [0.3, 0.4) is 0 Å². The molecule has 0 saturated heterocycles. The van der Waals surface area contributed by atoms with E-state index >= 15 is 0 Å². The van der Waals surface area contributed by atoms with Crippen molar-refractivity contribution >= 4 is 0 Å². The molecule has 0 radical (unpaired) electrons. The molecule has 0 fully saturated rings. The zero-order chi connectivity index (χ0) is 8.69. The predicted octanol–water partition coefficient (Wildman–Crippen LogP) is 2.02. The van der Waals surface area contributed by atoms with Gasteiger partial charge in [-0.2, -0.15) is 0 Å². The number of hydrazine groups is 1. The first kappa shape index (κ1) is 10.9. The molecule has 0 spiro atoms. The number of rotatable bonds is 6. The molecule has 68 valence electrons. The normalized spacial score (nSPS) is 13.9. The van der Waals surface area contributed by atoms with Crippen LogP contribution in [0.5, 0.6) is 0 Å². The first-order valence-electron chi connectivity index (χ1n) is 4.75. The van der Waals surface area contributed by atoms with Gasteiger partial charge in [0.05, 0.1) is 0 Å². The molecule has 11 heavy (non-hydrogen) atoms. The lowest BCUT2D eigenvalue weighted by Crippen LogP contribution is -2.43. The van der Waals surface area contributed by atoms with E-state index in [4.69, 9.17) is 0 Å². The van der Waals surface area contributed by atoms with Gasteiger partial charge in [0.15, 0.2) is 0 Å². The second-order valence-electron chi connectivity index (χ2n) is 2.99. The van der Waals surface area contributed by atoms with Crippen molar-refractivity contribution in [1.82, 2.24) is 10.4 Å². The van der Waals surface area contributed by atoms with Crippen LogP contribution in [0.2, 0.25) is 0 Å². The van der Waals surface area contributed by atoms with E-state index in [1.54, 1.807) is 0 Å². The van der Waals surface area contributed by atoms with Crippen LogP contribution in [0.4, 0.5) is 0 Å². The third-order valence-electron chi connectivity index (χ3n) is 1.89. The molecule has 0 aliphatic rings. The van der Waals surface area contributed by atoms with Crippen molar-refractivity contribution < 1.29 is 0 Å². The second kappa shape index (κ2) is 6.62. The van der Waals surface area contributed by atoms with Gasteiger partial charge in [0.25, 0.3) is 0 Å². The molecule has 1 atom stereocenters. The molecule has 0 aliphatic carbocycles. The average Bonchev–Trinajstić information content (AvgIpc) is 2.01. The molecule has 0 amide bonds. The Labute approximate surface area is 70.9 Å². The molecule has 1 unspecified atom stereocenters. The zero-order valence-electron chi connectivity index (χ0n) is 8.35. The van der Waals surface area contributed by atoms with Gasteiger partial charge in [-0.25, -0.2) is 5.01 Å². The highest BCUT2D eigenvalue weighted by atomic mass is 15.5. The summed E-state index contributed by atoms with van der Waals surface area (Å²) in [6.07, 6.45) is 2.52. The van der Waals surface area contributed by atoms with E-state index in [1.165, 1.54) is 12.8 Å². The molecule has 0 aromatic rings. The van der Waals surface area contributed by atoms with E-state index in [0.717, 1.165) is 13.1 Å². The summed E-state index contributed by atoms with van der Waals surface area (Å²) in [5.41, 5.74) is 3.45. The Kier molecular flexibility index (Phi) is 6.57. The lowest BCUT2D eigenvalue weighted by atomic mass is 10.2. The van der Waals surface area contributed by atoms with E-state index in [1.807, 2.05) is 0 Å². The Morgan fingerprint density at radius 2 is 1.73 bits per heavy atom. The van der Waals surface area contributed by atoms with E-state index in [-0.39, 0.29) is 0 Å². The van der Waals surface area contributed by atoms with Gasteiger partial charge in [-0.1, -0.05) is 27.2 Å². The van der Waals surface area contributed by atoms with Gasteiger partial charge < -0.3 is 0 Å². The van der Waals surface area contributed by atoms with Crippen molar-refractivity contribution in [3.63, 3.8) is 0 Å². The van der Waals surface area contributed by atoms with Crippen LogP contribution in [-0.4, -0.2) is 24.1 Å². The maximum absolute atomic E-state index is 3.45. The Morgan fingerprint density at radius 3 is 2.09 bits per heavy atom. The van der Waals surface area contributed by atoms with Gasteiger partial charge in [-0.3, -0.25) is 5.43 Å². The molecule has 2 nitrogen and oxygen atoms in total. The van der Waals surface area contributed by atoms with E-state index in [9.17, 15) is 0 Å². The summed E-state index contributed by atoms with van der Waals surface area (Å²) >= 11 is 0. The fourth-order valence-electron chi connectivity index (χ4n) is 1.22. The summed E-state index contributed by atoms with van der Waals surface area (Å²) in [4.78, 5) is 0. The third-order valence-corrected chi connectivity index (χ3v) is 1.89. The average molecular weight is 158 g/mol. The summed E-state index contributed by atoms with van der Waals surface area (Å²) in [5.74, 6) is 0. The summed E-state index contributed by atoms with van der Waals surface area (Å²) in [7, 11) is 0. The number of hydrogen-bond acceptors (Lipinski definition) is 2. The molecule has 0 heterocycles. The minimum absolute atomic E-state index is 0.625. The smallest absolute Gasteiger partial charge is 0.0186 e. The van der Waals surface area contributed by atoms with Gasteiger partial charge in [0.2, 0.25) is 0 Å². The molecular weight excluding hydrogens is 136 g/mol. The fraction of sp³-hybridized carbons (Fsp3) is 1.00. The van der Waals surface area contributed by atoms with Crippen molar-refractivity contribution in [2.45, 2.75) is 46.6 Å². The van der Waals surface area contributed by atoms with Crippen LogP contribution in [0.15, 0.2) is 0 Å². The Bertz CT molecular complexity index is 79.6. The molecule has 0 rings (SSSR count). The minimum Gasteiger partial charge on any atom is -0.252 e.